The molecule has 5 N–H and O–H groups in total. The van der Waals surface area contributed by atoms with Crippen LogP contribution in [0.4, 0.5) is 0 Å². The summed E-state index contributed by atoms with van der Waals surface area (Å²) in [6.45, 7) is 0. The van der Waals surface area contributed by atoms with E-state index in [4.69, 9.17) is 25.5 Å². The van der Waals surface area contributed by atoms with E-state index in [0.717, 1.165) is 25.7 Å². The summed E-state index contributed by atoms with van der Waals surface area (Å²) >= 11 is 0. The van der Waals surface area contributed by atoms with Crippen LogP contribution in [0.1, 0.15) is 25.7 Å². The number of carboxylic acid groups (broad SMARTS) is 2. The minimum absolute atomic E-state index is 0.178. The van der Waals surface area contributed by atoms with Gasteiger partial charge in [-0.3, -0.25) is 9.69 Å². The summed E-state index contributed by atoms with van der Waals surface area (Å²) in [6.07, 6.45) is 3.20. The van der Waals surface area contributed by atoms with Gasteiger partial charge < -0.3 is 21.1 Å². The Kier molecular flexibility index (Phi) is 7.78. The zero-order chi connectivity index (χ0) is 15.9. The molecule has 1 fully saturated rings. The lowest BCUT2D eigenvalue weighted by molar-refractivity contribution is -0.159. The van der Waals surface area contributed by atoms with Crippen LogP contribution in [-0.4, -0.2) is 64.3 Å². The van der Waals surface area contributed by atoms with Crippen molar-refractivity contribution in [3.05, 3.63) is 0 Å². The molecule has 1 aliphatic carbocycles. The van der Waals surface area contributed by atoms with Crippen LogP contribution in [0.15, 0.2) is 0 Å². The number of likely N-dealkylation sites (N-methyl/N-ethyl adjacent to an activating group) is 1. The van der Waals surface area contributed by atoms with Gasteiger partial charge in [0.2, 0.25) is 5.91 Å². The number of carbonyl (C=O) groups is 3. The lowest BCUT2D eigenvalue weighted by atomic mass is 9.82. The van der Waals surface area contributed by atoms with Gasteiger partial charge in [-0.15, -0.1) is 0 Å². The number of aliphatic hydroxyl groups excluding tert-OH is 1. The van der Waals surface area contributed by atoms with Crippen molar-refractivity contribution in [1.82, 2.24) is 4.90 Å². The first-order valence-electron chi connectivity index (χ1n) is 6.26. The third-order valence-corrected chi connectivity index (χ3v) is 3.22. The largest absolute Gasteiger partial charge is 0.473 e. The maximum absolute atomic E-state index is 11.2. The van der Waals surface area contributed by atoms with Gasteiger partial charge in [-0.05, 0) is 45.7 Å². The maximum Gasteiger partial charge on any atom is 0.414 e. The van der Waals surface area contributed by atoms with Crippen molar-refractivity contribution in [1.29, 1.82) is 0 Å². The highest BCUT2D eigenvalue weighted by Gasteiger charge is 2.31. The summed E-state index contributed by atoms with van der Waals surface area (Å²) in [6, 6.07) is -0.178. The number of amides is 1. The molecule has 0 heterocycles. The van der Waals surface area contributed by atoms with Crippen LogP contribution in [-0.2, 0) is 14.4 Å². The van der Waals surface area contributed by atoms with E-state index >= 15 is 0 Å². The number of carbonyl (C=O) groups excluding carboxylic acids is 1. The van der Waals surface area contributed by atoms with Crippen molar-refractivity contribution in [2.45, 2.75) is 37.8 Å². The number of aliphatic carboxylic acids is 2. The standard InChI is InChI=1S/C10H20N2O2.C2H2O4/c1-12(2)9(10(11)14)7-3-5-8(13)6-4-7;3-1(4)2(5)6/h7-9,13H,3-6H2,1-2H3,(H2,11,14);(H,3,4)(H,5,6)/t7-,8-,9?;. The predicted molar refractivity (Wildman–Crippen MR) is 69.9 cm³/mol. The molecule has 8 heteroatoms. The second-order valence-corrected chi connectivity index (χ2v) is 4.99. The summed E-state index contributed by atoms with van der Waals surface area (Å²) in [5, 5.41) is 24.1. The van der Waals surface area contributed by atoms with E-state index < -0.39 is 11.9 Å². The molecule has 0 bridgehead atoms. The molecular weight excluding hydrogens is 268 g/mol. The molecule has 0 aromatic rings. The monoisotopic (exact) mass is 290 g/mol. The molecule has 1 aliphatic rings. The second-order valence-electron chi connectivity index (χ2n) is 4.99. The SMILES string of the molecule is CN(C)C(C(N)=O)[C@H]1CC[C@H](O)CC1.O=C(O)C(=O)O. The van der Waals surface area contributed by atoms with Crippen molar-refractivity contribution in [3.63, 3.8) is 0 Å². The quantitative estimate of drug-likeness (QED) is 0.494. The molecule has 0 saturated heterocycles. The zero-order valence-corrected chi connectivity index (χ0v) is 11.7. The fraction of sp³-hybridized carbons (Fsp3) is 0.750. The van der Waals surface area contributed by atoms with E-state index in [1.165, 1.54) is 0 Å². The van der Waals surface area contributed by atoms with Gasteiger partial charge in [0.15, 0.2) is 0 Å². The third kappa shape index (κ3) is 6.48. The molecule has 0 spiro atoms. The van der Waals surface area contributed by atoms with Gasteiger partial charge in [0, 0.05) is 0 Å². The van der Waals surface area contributed by atoms with E-state index in [9.17, 15) is 9.90 Å². The van der Waals surface area contributed by atoms with E-state index in [1.54, 1.807) is 0 Å². The zero-order valence-electron chi connectivity index (χ0n) is 11.7. The second kappa shape index (κ2) is 8.49. The fourth-order valence-electron chi connectivity index (χ4n) is 2.33. The number of hydrogen-bond acceptors (Lipinski definition) is 5. The predicted octanol–water partition coefficient (Wildman–Crippen LogP) is -0.891. The molecule has 1 atom stereocenters. The third-order valence-electron chi connectivity index (χ3n) is 3.22. The number of nitrogens with two attached hydrogens (primary N) is 1. The van der Waals surface area contributed by atoms with E-state index in [1.807, 2.05) is 19.0 Å². The summed E-state index contributed by atoms with van der Waals surface area (Å²) < 4.78 is 0. The molecule has 116 valence electrons. The Morgan fingerprint density at radius 3 is 1.70 bits per heavy atom. The number of rotatable bonds is 3. The van der Waals surface area contributed by atoms with E-state index in [0.29, 0.717) is 5.92 Å². The van der Waals surface area contributed by atoms with Gasteiger partial charge in [0.25, 0.3) is 0 Å². The first-order chi connectivity index (χ1) is 9.16. The van der Waals surface area contributed by atoms with Crippen LogP contribution in [0.5, 0.6) is 0 Å². The summed E-state index contributed by atoms with van der Waals surface area (Å²) in [5.74, 6) is -3.59. The van der Waals surface area contributed by atoms with Crippen LogP contribution in [0, 0.1) is 5.92 Å². The first-order valence-corrected chi connectivity index (χ1v) is 6.26. The van der Waals surface area contributed by atoms with Gasteiger partial charge in [-0.1, -0.05) is 0 Å². The Labute approximate surface area is 117 Å². The lowest BCUT2D eigenvalue weighted by Gasteiger charge is -2.33. The number of primary amides is 1. The molecule has 0 aromatic heterocycles. The molecule has 1 unspecified atom stereocenters. The van der Waals surface area contributed by atoms with Crippen LogP contribution in [0.2, 0.25) is 0 Å². The normalized spacial score (nSPS) is 23.4. The van der Waals surface area contributed by atoms with Crippen LogP contribution in [0.25, 0.3) is 0 Å². The maximum atomic E-state index is 11.2. The fourth-order valence-corrected chi connectivity index (χ4v) is 2.33. The number of carboxylic acids is 2. The molecule has 1 rings (SSSR count). The number of hydrogen-bond donors (Lipinski definition) is 4. The summed E-state index contributed by atoms with van der Waals surface area (Å²) in [5.41, 5.74) is 5.36. The van der Waals surface area contributed by atoms with Crippen molar-refractivity contribution < 1.29 is 29.7 Å². The molecule has 8 nitrogen and oxygen atoms in total. The van der Waals surface area contributed by atoms with Crippen molar-refractivity contribution in [3.8, 4) is 0 Å². The van der Waals surface area contributed by atoms with E-state index in [2.05, 4.69) is 0 Å². The highest BCUT2D eigenvalue weighted by atomic mass is 16.4. The lowest BCUT2D eigenvalue weighted by Crippen LogP contribution is -2.47. The summed E-state index contributed by atoms with van der Waals surface area (Å²) in [4.78, 5) is 31.3. The Morgan fingerprint density at radius 2 is 1.45 bits per heavy atom. The average molecular weight is 290 g/mol. The van der Waals surface area contributed by atoms with Gasteiger partial charge in [-0.2, -0.15) is 0 Å². The average Bonchev–Trinajstić information content (AvgIpc) is 2.31. The molecule has 0 radical (unpaired) electrons. The number of aliphatic hydroxyl groups is 1. The molecule has 0 aromatic carbocycles. The topological polar surface area (TPSA) is 141 Å². The first kappa shape index (κ1) is 18.3. The van der Waals surface area contributed by atoms with Gasteiger partial charge in [0.1, 0.15) is 0 Å². The molecule has 1 saturated carbocycles. The molecule has 1 amide bonds. The van der Waals surface area contributed by atoms with Crippen LogP contribution in [0.3, 0.4) is 0 Å². The number of nitrogens with zero attached hydrogens (tertiary/aromatic N) is 1. The Hall–Kier alpha value is -1.67. The smallest absolute Gasteiger partial charge is 0.414 e. The minimum atomic E-state index is -1.82. The highest BCUT2D eigenvalue weighted by Crippen LogP contribution is 2.28. The van der Waals surface area contributed by atoms with Crippen LogP contribution < -0.4 is 5.73 Å². The molecule has 20 heavy (non-hydrogen) atoms. The minimum Gasteiger partial charge on any atom is -0.473 e. The van der Waals surface area contributed by atoms with Crippen LogP contribution >= 0.6 is 0 Å². The van der Waals surface area contributed by atoms with E-state index in [-0.39, 0.29) is 18.1 Å². The Bertz CT molecular complexity index is 338. The Morgan fingerprint density at radius 1 is 1.05 bits per heavy atom. The molecular formula is C12H22N2O6. The van der Waals surface area contributed by atoms with Crippen molar-refractivity contribution in [2.75, 3.05) is 14.1 Å². The van der Waals surface area contributed by atoms with Gasteiger partial charge >= 0.3 is 11.9 Å². The molecule has 0 aliphatic heterocycles. The van der Waals surface area contributed by atoms with Crippen molar-refractivity contribution >= 4 is 17.8 Å². The highest BCUT2D eigenvalue weighted by molar-refractivity contribution is 6.27. The van der Waals surface area contributed by atoms with Crippen molar-refractivity contribution in [2.24, 2.45) is 11.7 Å². The van der Waals surface area contributed by atoms with Gasteiger partial charge in [-0.25, -0.2) is 9.59 Å². The summed E-state index contributed by atoms with van der Waals surface area (Å²) in [7, 11) is 3.75. The van der Waals surface area contributed by atoms with Gasteiger partial charge in [0.05, 0.1) is 12.1 Å². The Balaban J connectivity index is 0.000000511.